The van der Waals surface area contributed by atoms with Crippen LogP contribution in [0.4, 0.5) is 0 Å². The molecule has 108 valence electrons. The number of likely N-dealkylation sites (tertiary alicyclic amines) is 1. The van der Waals surface area contributed by atoms with Crippen LogP contribution in [-0.2, 0) is 6.42 Å². The number of rotatable bonds is 3. The fraction of sp³-hybridized carbons (Fsp3) is 0.579. The summed E-state index contributed by atoms with van der Waals surface area (Å²) >= 11 is 0. The van der Waals surface area contributed by atoms with Gasteiger partial charge in [0, 0.05) is 6.54 Å². The Morgan fingerprint density at radius 1 is 1.10 bits per heavy atom. The Morgan fingerprint density at radius 2 is 1.85 bits per heavy atom. The summed E-state index contributed by atoms with van der Waals surface area (Å²) in [5.74, 6) is 0.756. The van der Waals surface area contributed by atoms with E-state index in [9.17, 15) is 0 Å². The summed E-state index contributed by atoms with van der Waals surface area (Å²) in [6.07, 6.45) is 6.72. The van der Waals surface area contributed by atoms with Crippen molar-refractivity contribution >= 4 is 5.57 Å². The molecule has 0 saturated carbocycles. The molecule has 2 aliphatic rings. The molecule has 20 heavy (non-hydrogen) atoms. The third kappa shape index (κ3) is 2.69. The number of nitrogens with zero attached hydrogens (tertiary/aromatic N) is 1. The fourth-order valence-electron chi connectivity index (χ4n) is 3.93. The van der Waals surface area contributed by atoms with Gasteiger partial charge in [-0.1, -0.05) is 37.6 Å². The minimum atomic E-state index is 0.756. The van der Waals surface area contributed by atoms with Gasteiger partial charge in [0.1, 0.15) is 0 Å². The molecule has 1 heterocycles. The summed E-state index contributed by atoms with van der Waals surface area (Å²) in [6.45, 7) is 8.50. The quantitative estimate of drug-likeness (QED) is 0.779. The predicted molar refractivity (Wildman–Crippen MR) is 86.8 cm³/mol. The smallest absolute Gasteiger partial charge is 0.0201 e. The number of benzene rings is 1. The normalized spacial score (nSPS) is 23.8. The maximum Gasteiger partial charge on any atom is 0.0201 e. The lowest BCUT2D eigenvalue weighted by Gasteiger charge is -2.34. The number of fused-ring (bicyclic) bond motifs is 1. The van der Waals surface area contributed by atoms with Crippen molar-refractivity contribution in [2.45, 2.75) is 46.0 Å². The van der Waals surface area contributed by atoms with E-state index in [1.165, 1.54) is 57.3 Å². The molecule has 0 N–H and O–H groups in total. The molecule has 1 aromatic carbocycles. The lowest BCUT2D eigenvalue weighted by atomic mass is 9.77. The maximum absolute atomic E-state index is 2.68. The highest BCUT2D eigenvalue weighted by Crippen LogP contribution is 2.36. The second-order valence-electron chi connectivity index (χ2n) is 6.45. The monoisotopic (exact) mass is 269 g/mol. The number of piperidine rings is 1. The van der Waals surface area contributed by atoms with Crippen molar-refractivity contribution in [1.82, 2.24) is 4.90 Å². The van der Waals surface area contributed by atoms with Crippen molar-refractivity contribution in [3.63, 3.8) is 0 Å². The van der Waals surface area contributed by atoms with Gasteiger partial charge >= 0.3 is 0 Å². The van der Waals surface area contributed by atoms with E-state index in [1.807, 2.05) is 0 Å². The Labute approximate surface area is 123 Å². The van der Waals surface area contributed by atoms with Gasteiger partial charge in [-0.15, -0.1) is 0 Å². The van der Waals surface area contributed by atoms with Gasteiger partial charge in [-0.3, -0.25) is 4.90 Å². The van der Waals surface area contributed by atoms with Crippen LogP contribution >= 0.6 is 0 Å². The average Bonchev–Trinajstić information content (AvgIpc) is 2.51. The molecular formula is C19H27N. The molecule has 1 aromatic rings. The fourth-order valence-corrected chi connectivity index (χ4v) is 3.93. The molecule has 1 heteroatoms. The van der Waals surface area contributed by atoms with Crippen molar-refractivity contribution in [3.05, 3.63) is 41.0 Å². The Morgan fingerprint density at radius 3 is 2.60 bits per heavy atom. The van der Waals surface area contributed by atoms with Crippen LogP contribution in [0.3, 0.4) is 0 Å². The molecule has 3 rings (SSSR count). The van der Waals surface area contributed by atoms with Crippen LogP contribution < -0.4 is 0 Å². The lowest BCUT2D eigenvalue weighted by molar-refractivity contribution is 0.239. The van der Waals surface area contributed by atoms with E-state index in [0.29, 0.717) is 0 Å². The van der Waals surface area contributed by atoms with Crippen LogP contribution in [0, 0.1) is 5.92 Å². The van der Waals surface area contributed by atoms with E-state index in [-0.39, 0.29) is 0 Å². The van der Waals surface area contributed by atoms with Crippen molar-refractivity contribution in [1.29, 1.82) is 0 Å². The first kappa shape index (κ1) is 13.9. The van der Waals surface area contributed by atoms with E-state index in [1.54, 1.807) is 16.7 Å². The third-order valence-electron chi connectivity index (χ3n) is 5.20. The molecule has 0 radical (unpaired) electrons. The van der Waals surface area contributed by atoms with E-state index in [0.717, 1.165) is 5.92 Å². The first-order valence-corrected chi connectivity index (χ1v) is 8.30. The Balaban J connectivity index is 1.88. The second-order valence-corrected chi connectivity index (χ2v) is 6.45. The molecule has 1 aliphatic heterocycles. The third-order valence-corrected chi connectivity index (χ3v) is 5.20. The zero-order valence-electron chi connectivity index (χ0n) is 13.0. The van der Waals surface area contributed by atoms with Gasteiger partial charge in [0.05, 0.1) is 0 Å². The lowest BCUT2D eigenvalue weighted by Crippen LogP contribution is -2.34. The standard InChI is InChI=1S/C19H27N/c1-3-16-13-17-9-5-6-10-18(17)15(2)19(16)14-20-11-7-4-8-12-20/h5-6,9-10,16H,3-4,7-8,11-14H2,1-2H3. The van der Waals surface area contributed by atoms with Gasteiger partial charge in [-0.2, -0.15) is 0 Å². The highest BCUT2D eigenvalue weighted by Gasteiger charge is 2.25. The molecular weight excluding hydrogens is 242 g/mol. The van der Waals surface area contributed by atoms with Gasteiger partial charge in [-0.25, -0.2) is 0 Å². The highest BCUT2D eigenvalue weighted by molar-refractivity contribution is 5.72. The van der Waals surface area contributed by atoms with E-state index in [4.69, 9.17) is 0 Å². The van der Waals surface area contributed by atoms with Crippen LogP contribution in [0.15, 0.2) is 29.8 Å². The van der Waals surface area contributed by atoms with Gasteiger partial charge in [0.15, 0.2) is 0 Å². The van der Waals surface area contributed by atoms with Crippen LogP contribution in [0.25, 0.3) is 5.57 Å². The van der Waals surface area contributed by atoms with Gasteiger partial charge in [0.2, 0.25) is 0 Å². The molecule has 1 fully saturated rings. The van der Waals surface area contributed by atoms with Crippen LogP contribution in [0.1, 0.15) is 50.7 Å². The largest absolute Gasteiger partial charge is 0.299 e. The molecule has 1 aliphatic carbocycles. The minimum Gasteiger partial charge on any atom is -0.299 e. The molecule has 0 bridgehead atoms. The number of hydrogen-bond acceptors (Lipinski definition) is 1. The van der Waals surface area contributed by atoms with Gasteiger partial charge in [0.25, 0.3) is 0 Å². The van der Waals surface area contributed by atoms with Crippen molar-refractivity contribution in [2.24, 2.45) is 5.92 Å². The number of allylic oxidation sites excluding steroid dienone is 1. The first-order chi connectivity index (χ1) is 9.79. The van der Waals surface area contributed by atoms with Crippen molar-refractivity contribution in [3.8, 4) is 0 Å². The summed E-state index contributed by atoms with van der Waals surface area (Å²) in [7, 11) is 0. The zero-order valence-corrected chi connectivity index (χ0v) is 13.0. The zero-order chi connectivity index (χ0) is 13.9. The Kier molecular flexibility index (Phi) is 4.26. The SMILES string of the molecule is CCC1Cc2ccccc2C(C)=C1CN1CCCCC1. The summed E-state index contributed by atoms with van der Waals surface area (Å²) in [4.78, 5) is 2.68. The first-order valence-electron chi connectivity index (χ1n) is 8.30. The van der Waals surface area contributed by atoms with E-state index >= 15 is 0 Å². The maximum atomic E-state index is 2.68. The van der Waals surface area contributed by atoms with Crippen LogP contribution in [0.2, 0.25) is 0 Å². The van der Waals surface area contributed by atoms with Gasteiger partial charge in [-0.05, 0) is 73.9 Å². The molecule has 0 spiro atoms. The summed E-state index contributed by atoms with van der Waals surface area (Å²) in [5, 5.41) is 0. The minimum absolute atomic E-state index is 0.756. The molecule has 0 amide bonds. The average molecular weight is 269 g/mol. The van der Waals surface area contributed by atoms with E-state index in [2.05, 4.69) is 43.0 Å². The summed E-state index contributed by atoms with van der Waals surface area (Å²) < 4.78 is 0. The van der Waals surface area contributed by atoms with E-state index < -0.39 is 0 Å². The Hall–Kier alpha value is -1.08. The van der Waals surface area contributed by atoms with Crippen LogP contribution in [0.5, 0.6) is 0 Å². The topological polar surface area (TPSA) is 3.24 Å². The molecule has 1 unspecified atom stereocenters. The molecule has 0 aromatic heterocycles. The molecule has 1 atom stereocenters. The number of hydrogen-bond donors (Lipinski definition) is 0. The summed E-state index contributed by atoms with van der Waals surface area (Å²) in [6, 6.07) is 9.01. The van der Waals surface area contributed by atoms with Gasteiger partial charge < -0.3 is 0 Å². The van der Waals surface area contributed by atoms with Crippen LogP contribution in [-0.4, -0.2) is 24.5 Å². The van der Waals surface area contributed by atoms with Crippen molar-refractivity contribution < 1.29 is 0 Å². The Bertz CT molecular complexity index is 494. The summed E-state index contributed by atoms with van der Waals surface area (Å²) in [5.41, 5.74) is 6.33. The van der Waals surface area contributed by atoms with Crippen molar-refractivity contribution in [2.75, 3.05) is 19.6 Å². The molecule has 1 saturated heterocycles. The highest BCUT2D eigenvalue weighted by atomic mass is 15.1. The molecule has 1 nitrogen and oxygen atoms in total. The second kappa shape index (κ2) is 6.13. The predicted octanol–water partition coefficient (Wildman–Crippen LogP) is 4.53.